The summed E-state index contributed by atoms with van der Waals surface area (Å²) >= 11 is 0. The Labute approximate surface area is 190 Å². The van der Waals surface area contributed by atoms with Gasteiger partial charge in [-0.2, -0.15) is 0 Å². The number of para-hydroxylation sites is 2. The number of fused-ring (bicyclic) bond motifs is 1. The number of benzene rings is 2. The number of ether oxygens (including phenoxy) is 2. The average Bonchev–Trinajstić information content (AvgIpc) is 3.18. The summed E-state index contributed by atoms with van der Waals surface area (Å²) in [6, 6.07) is 15.2. The minimum atomic E-state index is -0.482. The third kappa shape index (κ3) is 4.38. The molecule has 1 fully saturated rings. The average molecular weight is 435 g/mol. The van der Waals surface area contributed by atoms with Gasteiger partial charge >= 0.3 is 5.97 Å². The molecule has 0 amide bonds. The Morgan fingerprint density at radius 3 is 2.47 bits per heavy atom. The van der Waals surface area contributed by atoms with E-state index >= 15 is 0 Å². The van der Waals surface area contributed by atoms with E-state index in [1.54, 1.807) is 7.11 Å². The Balaban J connectivity index is 1.67. The molecule has 3 aromatic rings. The number of imidazole rings is 1. The fourth-order valence-corrected chi connectivity index (χ4v) is 4.98. The molecule has 0 saturated heterocycles. The first-order valence-electron chi connectivity index (χ1n) is 11.7. The van der Waals surface area contributed by atoms with E-state index in [0.717, 1.165) is 41.0 Å². The highest BCUT2D eigenvalue weighted by Crippen LogP contribution is 2.37. The van der Waals surface area contributed by atoms with Gasteiger partial charge in [0.25, 0.3) is 0 Å². The van der Waals surface area contributed by atoms with Gasteiger partial charge in [-0.1, -0.05) is 39.3 Å². The minimum Gasteiger partial charge on any atom is -0.497 e. The van der Waals surface area contributed by atoms with Crippen LogP contribution in [-0.4, -0.2) is 28.7 Å². The summed E-state index contributed by atoms with van der Waals surface area (Å²) in [7, 11) is 1.65. The summed E-state index contributed by atoms with van der Waals surface area (Å²) in [5.41, 5.74) is 2.73. The van der Waals surface area contributed by atoms with Crippen LogP contribution in [0.3, 0.4) is 0 Å². The van der Waals surface area contributed by atoms with E-state index in [1.165, 1.54) is 6.42 Å². The molecule has 0 aliphatic heterocycles. The predicted molar refractivity (Wildman–Crippen MR) is 128 cm³/mol. The Morgan fingerprint density at radius 2 is 1.78 bits per heavy atom. The molecule has 0 bridgehead atoms. The molecule has 32 heavy (non-hydrogen) atoms. The lowest BCUT2D eigenvalue weighted by Crippen LogP contribution is -2.37. The lowest BCUT2D eigenvalue weighted by molar-refractivity contribution is -0.159. The van der Waals surface area contributed by atoms with E-state index in [9.17, 15) is 4.79 Å². The van der Waals surface area contributed by atoms with E-state index in [4.69, 9.17) is 14.5 Å². The normalized spacial score (nSPS) is 22.1. The van der Waals surface area contributed by atoms with Crippen molar-refractivity contribution in [2.24, 2.45) is 17.8 Å². The molecular weight excluding hydrogens is 400 g/mol. The van der Waals surface area contributed by atoms with Crippen molar-refractivity contribution < 1.29 is 14.3 Å². The Hall–Kier alpha value is -2.82. The molecule has 0 radical (unpaired) electrons. The molecule has 1 aliphatic carbocycles. The van der Waals surface area contributed by atoms with Crippen LogP contribution < -0.4 is 4.74 Å². The summed E-state index contributed by atoms with van der Waals surface area (Å²) in [6.45, 7) is 8.64. The maximum absolute atomic E-state index is 13.4. The Bertz CT molecular complexity index is 1070. The van der Waals surface area contributed by atoms with Gasteiger partial charge in [0.05, 0.1) is 18.1 Å². The van der Waals surface area contributed by atoms with Crippen LogP contribution in [0.1, 0.15) is 53.0 Å². The molecule has 0 N–H and O–H groups in total. The second kappa shape index (κ2) is 9.35. The number of esters is 1. The molecule has 4 rings (SSSR count). The molecule has 1 saturated carbocycles. The van der Waals surface area contributed by atoms with Crippen molar-refractivity contribution in [3.8, 4) is 17.1 Å². The highest BCUT2D eigenvalue weighted by atomic mass is 16.5. The summed E-state index contributed by atoms with van der Waals surface area (Å²) in [5.74, 6) is 2.86. The van der Waals surface area contributed by atoms with E-state index in [2.05, 4.69) is 20.8 Å². The molecular formula is C27H34N2O3. The quantitative estimate of drug-likeness (QED) is 0.429. The summed E-state index contributed by atoms with van der Waals surface area (Å²) in [5, 5.41) is 0. The zero-order chi connectivity index (χ0) is 22.8. The molecule has 1 heterocycles. The second-order valence-corrected chi connectivity index (χ2v) is 9.50. The van der Waals surface area contributed by atoms with Gasteiger partial charge in [0.15, 0.2) is 0 Å². The standard InChI is InChI=1S/C27H34N2O3/c1-17(2)22-15-10-18(3)16-25(22)32-27(30)19(4)29-24-9-7-6-8-23(24)28-26(29)20-11-13-21(31-5)14-12-20/h6-9,11-14,17-19,22,25H,10,15-16H2,1-5H3/t18?,19-,22?,25?/m1/s1. The zero-order valence-corrected chi connectivity index (χ0v) is 19.7. The van der Waals surface area contributed by atoms with Gasteiger partial charge in [-0.05, 0) is 73.9 Å². The molecule has 5 nitrogen and oxygen atoms in total. The van der Waals surface area contributed by atoms with Gasteiger partial charge in [-0.25, -0.2) is 9.78 Å². The van der Waals surface area contributed by atoms with Crippen LogP contribution in [-0.2, 0) is 9.53 Å². The van der Waals surface area contributed by atoms with Crippen molar-refractivity contribution in [3.05, 3.63) is 48.5 Å². The van der Waals surface area contributed by atoms with Crippen molar-refractivity contribution >= 4 is 17.0 Å². The van der Waals surface area contributed by atoms with Crippen molar-refractivity contribution in [2.75, 3.05) is 7.11 Å². The van der Waals surface area contributed by atoms with Gasteiger partial charge < -0.3 is 14.0 Å². The van der Waals surface area contributed by atoms with E-state index in [-0.39, 0.29) is 12.1 Å². The van der Waals surface area contributed by atoms with Crippen LogP contribution in [0, 0.1) is 17.8 Å². The summed E-state index contributed by atoms with van der Waals surface area (Å²) < 4.78 is 13.5. The fourth-order valence-electron chi connectivity index (χ4n) is 4.98. The van der Waals surface area contributed by atoms with Crippen LogP contribution in [0.4, 0.5) is 0 Å². The number of rotatable bonds is 6. The number of hydrogen-bond donors (Lipinski definition) is 0. The van der Waals surface area contributed by atoms with E-state index in [1.807, 2.05) is 60.0 Å². The first kappa shape index (κ1) is 22.4. The smallest absolute Gasteiger partial charge is 0.329 e. The second-order valence-electron chi connectivity index (χ2n) is 9.50. The number of hydrogen-bond acceptors (Lipinski definition) is 4. The number of nitrogens with zero attached hydrogens (tertiary/aromatic N) is 2. The van der Waals surface area contributed by atoms with Gasteiger partial charge in [0.1, 0.15) is 23.7 Å². The molecule has 1 aromatic heterocycles. The number of aromatic nitrogens is 2. The number of methoxy groups -OCH3 is 1. The predicted octanol–water partition coefficient (Wildman–Crippen LogP) is 6.28. The lowest BCUT2D eigenvalue weighted by atomic mass is 9.75. The lowest BCUT2D eigenvalue weighted by Gasteiger charge is -2.37. The molecule has 4 atom stereocenters. The van der Waals surface area contributed by atoms with Crippen molar-refractivity contribution in [3.63, 3.8) is 0 Å². The third-order valence-corrected chi connectivity index (χ3v) is 6.90. The summed E-state index contributed by atoms with van der Waals surface area (Å²) in [4.78, 5) is 18.3. The first-order chi connectivity index (χ1) is 15.4. The Morgan fingerprint density at radius 1 is 1.06 bits per heavy atom. The zero-order valence-electron chi connectivity index (χ0n) is 19.7. The van der Waals surface area contributed by atoms with E-state index < -0.39 is 6.04 Å². The van der Waals surface area contributed by atoms with Crippen molar-refractivity contribution in [1.82, 2.24) is 9.55 Å². The first-order valence-corrected chi connectivity index (χ1v) is 11.7. The van der Waals surface area contributed by atoms with Crippen LogP contribution in [0.15, 0.2) is 48.5 Å². The van der Waals surface area contributed by atoms with Crippen LogP contribution in [0.25, 0.3) is 22.4 Å². The van der Waals surface area contributed by atoms with Crippen LogP contribution in [0.5, 0.6) is 5.75 Å². The van der Waals surface area contributed by atoms with Gasteiger partial charge in [0, 0.05) is 5.56 Å². The number of carbonyl (C=O) groups excluding carboxylic acids is 1. The molecule has 1 aliphatic rings. The monoisotopic (exact) mass is 434 g/mol. The molecule has 3 unspecified atom stereocenters. The topological polar surface area (TPSA) is 53.4 Å². The van der Waals surface area contributed by atoms with Gasteiger partial charge in [-0.3, -0.25) is 0 Å². The third-order valence-electron chi connectivity index (χ3n) is 6.90. The maximum Gasteiger partial charge on any atom is 0.329 e. The van der Waals surface area contributed by atoms with Crippen molar-refractivity contribution in [2.45, 2.75) is 59.1 Å². The molecule has 2 aromatic carbocycles. The fraction of sp³-hybridized carbons (Fsp3) is 0.481. The molecule has 5 heteroatoms. The largest absolute Gasteiger partial charge is 0.497 e. The number of carbonyl (C=O) groups is 1. The summed E-state index contributed by atoms with van der Waals surface area (Å²) in [6.07, 6.45) is 3.25. The van der Waals surface area contributed by atoms with Crippen LogP contribution in [0.2, 0.25) is 0 Å². The molecule has 170 valence electrons. The SMILES string of the molecule is COc1ccc(-c2nc3ccccc3n2[C@H](C)C(=O)OC2CC(C)CCC2C(C)C)cc1. The highest BCUT2D eigenvalue weighted by Gasteiger charge is 2.35. The van der Waals surface area contributed by atoms with Gasteiger partial charge in [-0.15, -0.1) is 0 Å². The highest BCUT2D eigenvalue weighted by molar-refractivity contribution is 5.85. The Kier molecular flexibility index (Phi) is 6.54. The van der Waals surface area contributed by atoms with Crippen LogP contribution >= 0.6 is 0 Å². The minimum absolute atomic E-state index is 0.0204. The van der Waals surface area contributed by atoms with Gasteiger partial charge in [0.2, 0.25) is 0 Å². The maximum atomic E-state index is 13.4. The van der Waals surface area contributed by atoms with Crippen molar-refractivity contribution in [1.29, 1.82) is 0 Å². The molecule has 0 spiro atoms. The van der Waals surface area contributed by atoms with E-state index in [0.29, 0.717) is 17.8 Å².